The molecule has 2 aromatic carbocycles. The summed E-state index contributed by atoms with van der Waals surface area (Å²) in [6.45, 7) is 0. The Labute approximate surface area is 133 Å². The molecule has 21 heavy (non-hydrogen) atoms. The Hall–Kier alpha value is -1.55. The lowest BCUT2D eigenvalue weighted by Gasteiger charge is -2.11. The molecule has 0 aliphatic heterocycles. The number of nitrogens with zero attached hydrogens (tertiary/aromatic N) is 2. The van der Waals surface area contributed by atoms with Crippen molar-refractivity contribution >= 4 is 34.1 Å². The summed E-state index contributed by atoms with van der Waals surface area (Å²) < 4.78 is 1.86. The summed E-state index contributed by atoms with van der Waals surface area (Å²) in [4.78, 5) is 0. The molecule has 0 aliphatic carbocycles. The van der Waals surface area contributed by atoms with Gasteiger partial charge in [0.25, 0.3) is 0 Å². The van der Waals surface area contributed by atoms with Crippen LogP contribution in [-0.4, -0.2) is 9.78 Å². The van der Waals surface area contributed by atoms with Crippen LogP contribution in [0.2, 0.25) is 10.0 Å². The third kappa shape index (κ3) is 2.77. The van der Waals surface area contributed by atoms with Gasteiger partial charge in [0, 0.05) is 22.5 Å². The monoisotopic (exact) mass is 319 g/mol. The Balaban J connectivity index is 1.95. The number of para-hydroxylation sites is 1. The zero-order valence-corrected chi connectivity index (χ0v) is 13.1. The molecule has 5 heteroatoms. The average molecular weight is 320 g/mol. The summed E-state index contributed by atoms with van der Waals surface area (Å²) >= 11 is 12.1. The van der Waals surface area contributed by atoms with Gasteiger partial charge < -0.3 is 5.73 Å². The van der Waals surface area contributed by atoms with E-state index in [1.165, 1.54) is 0 Å². The van der Waals surface area contributed by atoms with E-state index in [0.29, 0.717) is 16.5 Å². The molecule has 1 unspecified atom stereocenters. The number of nitrogens with two attached hydrogens (primary N) is 1. The van der Waals surface area contributed by atoms with Crippen molar-refractivity contribution in [1.29, 1.82) is 0 Å². The predicted octanol–water partition coefficient (Wildman–Crippen LogP) is 4.12. The summed E-state index contributed by atoms with van der Waals surface area (Å²) in [5.41, 5.74) is 9.28. The van der Waals surface area contributed by atoms with E-state index in [9.17, 15) is 0 Å². The summed E-state index contributed by atoms with van der Waals surface area (Å²) in [6.07, 6.45) is 0.622. The highest BCUT2D eigenvalue weighted by Crippen LogP contribution is 2.28. The highest BCUT2D eigenvalue weighted by molar-refractivity contribution is 6.35. The minimum absolute atomic E-state index is 0.213. The van der Waals surface area contributed by atoms with Gasteiger partial charge in [-0.25, -0.2) is 0 Å². The Bertz CT molecular complexity index is 795. The molecule has 0 radical (unpaired) electrons. The number of rotatable bonds is 3. The molecule has 0 amide bonds. The highest BCUT2D eigenvalue weighted by Gasteiger charge is 2.17. The van der Waals surface area contributed by atoms with Crippen molar-refractivity contribution in [2.24, 2.45) is 12.8 Å². The standard InChI is InChI=1S/C16H15Cl2N3/c1-21-15-5-3-2-4-12(15)16(20-21)14(19)8-10-6-7-11(17)9-13(10)18/h2-7,9,14H,8,19H2,1H3. The van der Waals surface area contributed by atoms with E-state index < -0.39 is 0 Å². The number of fused-ring (bicyclic) bond motifs is 1. The van der Waals surface area contributed by atoms with Crippen LogP contribution in [0.1, 0.15) is 17.3 Å². The zero-order valence-electron chi connectivity index (χ0n) is 11.6. The molecule has 1 atom stereocenters. The third-order valence-corrected chi connectivity index (χ3v) is 4.18. The summed E-state index contributed by atoms with van der Waals surface area (Å²) in [5.74, 6) is 0. The normalized spacial score (nSPS) is 12.8. The first-order valence-electron chi connectivity index (χ1n) is 6.67. The van der Waals surface area contributed by atoms with Crippen molar-refractivity contribution in [3.05, 3.63) is 63.8 Å². The quantitative estimate of drug-likeness (QED) is 0.789. The van der Waals surface area contributed by atoms with Crippen molar-refractivity contribution in [2.45, 2.75) is 12.5 Å². The van der Waals surface area contributed by atoms with Gasteiger partial charge in [0.15, 0.2) is 0 Å². The first-order chi connectivity index (χ1) is 10.1. The zero-order chi connectivity index (χ0) is 15.0. The largest absolute Gasteiger partial charge is 0.322 e. The molecule has 0 bridgehead atoms. The van der Waals surface area contributed by atoms with Gasteiger partial charge >= 0.3 is 0 Å². The van der Waals surface area contributed by atoms with Crippen molar-refractivity contribution in [2.75, 3.05) is 0 Å². The van der Waals surface area contributed by atoms with Crippen LogP contribution in [-0.2, 0) is 13.5 Å². The van der Waals surface area contributed by atoms with E-state index in [2.05, 4.69) is 5.10 Å². The molecule has 0 spiro atoms. The Morgan fingerprint density at radius 1 is 1.19 bits per heavy atom. The van der Waals surface area contributed by atoms with Gasteiger partial charge in [-0.3, -0.25) is 4.68 Å². The second-order valence-corrected chi connectivity index (χ2v) is 5.92. The Morgan fingerprint density at radius 3 is 2.71 bits per heavy atom. The molecule has 0 saturated carbocycles. The Kier molecular flexibility index (Phi) is 3.89. The van der Waals surface area contributed by atoms with Crippen LogP contribution in [0.15, 0.2) is 42.5 Å². The molecule has 0 aliphatic rings. The van der Waals surface area contributed by atoms with Crippen LogP contribution >= 0.6 is 23.2 Å². The Morgan fingerprint density at radius 2 is 1.95 bits per heavy atom. The molecule has 0 fully saturated rings. The summed E-state index contributed by atoms with van der Waals surface area (Å²) in [5, 5.41) is 6.90. The molecule has 1 aromatic heterocycles. The van der Waals surface area contributed by atoms with Gasteiger partial charge in [0.1, 0.15) is 0 Å². The third-order valence-electron chi connectivity index (χ3n) is 3.59. The van der Waals surface area contributed by atoms with Gasteiger partial charge in [-0.1, -0.05) is 47.5 Å². The molecule has 2 N–H and O–H groups in total. The maximum absolute atomic E-state index is 6.35. The van der Waals surface area contributed by atoms with Crippen molar-refractivity contribution in [1.82, 2.24) is 9.78 Å². The van der Waals surface area contributed by atoms with Gasteiger partial charge in [-0.2, -0.15) is 5.10 Å². The first kappa shape index (κ1) is 14.4. The summed E-state index contributed by atoms with van der Waals surface area (Å²) in [7, 11) is 1.92. The van der Waals surface area contributed by atoms with E-state index in [0.717, 1.165) is 22.2 Å². The average Bonchev–Trinajstić information content (AvgIpc) is 2.80. The second kappa shape index (κ2) is 5.68. The molecule has 0 saturated heterocycles. The highest BCUT2D eigenvalue weighted by atomic mass is 35.5. The fourth-order valence-electron chi connectivity index (χ4n) is 2.54. The van der Waals surface area contributed by atoms with Crippen LogP contribution in [0.5, 0.6) is 0 Å². The minimum atomic E-state index is -0.213. The van der Waals surface area contributed by atoms with Gasteiger partial charge in [0.2, 0.25) is 0 Å². The second-order valence-electron chi connectivity index (χ2n) is 5.07. The van der Waals surface area contributed by atoms with Crippen LogP contribution in [0.25, 0.3) is 10.9 Å². The molecule has 108 valence electrons. The molecular formula is C16H15Cl2N3. The SMILES string of the molecule is Cn1nc(C(N)Cc2ccc(Cl)cc2Cl)c2ccccc21. The van der Waals surface area contributed by atoms with E-state index in [1.54, 1.807) is 6.07 Å². The molecule has 3 aromatic rings. The number of benzene rings is 2. The van der Waals surface area contributed by atoms with Crippen molar-refractivity contribution in [3.8, 4) is 0 Å². The molecule has 3 rings (SSSR count). The van der Waals surface area contributed by atoms with Crippen molar-refractivity contribution < 1.29 is 0 Å². The summed E-state index contributed by atoms with van der Waals surface area (Å²) in [6, 6.07) is 13.3. The smallest absolute Gasteiger partial charge is 0.0873 e. The van der Waals surface area contributed by atoms with Crippen LogP contribution < -0.4 is 5.73 Å². The number of aromatic nitrogens is 2. The topological polar surface area (TPSA) is 43.8 Å². The van der Waals surface area contributed by atoms with Gasteiger partial charge in [0.05, 0.1) is 17.3 Å². The minimum Gasteiger partial charge on any atom is -0.322 e. The predicted molar refractivity (Wildman–Crippen MR) is 87.8 cm³/mol. The van der Waals surface area contributed by atoms with Crippen LogP contribution in [0.4, 0.5) is 0 Å². The number of aryl methyl sites for hydroxylation is 1. The van der Waals surface area contributed by atoms with E-state index in [1.807, 2.05) is 48.1 Å². The van der Waals surface area contributed by atoms with E-state index >= 15 is 0 Å². The molecular weight excluding hydrogens is 305 g/mol. The molecule has 1 heterocycles. The fourth-order valence-corrected chi connectivity index (χ4v) is 3.02. The lowest BCUT2D eigenvalue weighted by molar-refractivity contribution is 0.665. The maximum atomic E-state index is 6.35. The fraction of sp³-hybridized carbons (Fsp3) is 0.188. The van der Waals surface area contributed by atoms with Crippen LogP contribution in [0, 0.1) is 0 Å². The first-order valence-corrected chi connectivity index (χ1v) is 7.43. The molecule has 3 nitrogen and oxygen atoms in total. The van der Waals surface area contributed by atoms with E-state index in [4.69, 9.17) is 28.9 Å². The van der Waals surface area contributed by atoms with Gasteiger partial charge in [-0.05, 0) is 30.2 Å². The lowest BCUT2D eigenvalue weighted by atomic mass is 10.0. The maximum Gasteiger partial charge on any atom is 0.0873 e. The lowest BCUT2D eigenvalue weighted by Crippen LogP contribution is -2.15. The van der Waals surface area contributed by atoms with E-state index in [-0.39, 0.29) is 6.04 Å². The van der Waals surface area contributed by atoms with Crippen molar-refractivity contribution in [3.63, 3.8) is 0 Å². The number of hydrogen-bond donors (Lipinski definition) is 1. The number of hydrogen-bond acceptors (Lipinski definition) is 2. The van der Waals surface area contributed by atoms with Gasteiger partial charge in [-0.15, -0.1) is 0 Å². The van der Waals surface area contributed by atoms with Crippen LogP contribution in [0.3, 0.4) is 0 Å². The number of halogens is 2.